The second-order valence-electron chi connectivity index (χ2n) is 7.91. The molecule has 0 aliphatic heterocycles. The Kier molecular flexibility index (Phi) is 5.79. The Labute approximate surface area is 173 Å². The summed E-state index contributed by atoms with van der Waals surface area (Å²) in [7, 11) is 0. The number of nitrogens with one attached hydrogen (secondary N) is 1. The molecule has 2 N–H and O–H groups in total. The van der Waals surface area contributed by atoms with Crippen LogP contribution in [0.2, 0.25) is 0 Å². The van der Waals surface area contributed by atoms with Gasteiger partial charge in [0.15, 0.2) is 0 Å². The van der Waals surface area contributed by atoms with Crippen molar-refractivity contribution in [3.63, 3.8) is 0 Å². The summed E-state index contributed by atoms with van der Waals surface area (Å²) >= 11 is 0. The maximum atomic E-state index is 14.1. The highest BCUT2D eigenvalue weighted by Gasteiger charge is 2.30. The average Bonchev–Trinajstić information content (AvgIpc) is 3.34. The SMILES string of the molecule is O=C(O)Cn1cc(C(CC2CCCC2)C(=O)Nc2ccccn2)c2cc(F)ccc21. The summed E-state index contributed by atoms with van der Waals surface area (Å²) in [4.78, 5) is 28.8. The first-order chi connectivity index (χ1) is 14.5. The second-order valence-corrected chi connectivity index (χ2v) is 7.91. The molecule has 1 unspecified atom stereocenters. The van der Waals surface area contributed by atoms with Crippen LogP contribution in [0.1, 0.15) is 43.6 Å². The van der Waals surface area contributed by atoms with Crippen molar-refractivity contribution in [3.05, 3.63) is 60.2 Å². The monoisotopic (exact) mass is 409 g/mol. The molecule has 1 aliphatic rings. The van der Waals surface area contributed by atoms with Gasteiger partial charge in [-0.3, -0.25) is 9.59 Å². The molecule has 1 aromatic carbocycles. The molecular formula is C23H24FN3O3. The van der Waals surface area contributed by atoms with Gasteiger partial charge in [-0.1, -0.05) is 31.7 Å². The Morgan fingerprint density at radius 3 is 2.73 bits per heavy atom. The van der Waals surface area contributed by atoms with Crippen LogP contribution in [0, 0.1) is 11.7 Å². The van der Waals surface area contributed by atoms with Gasteiger partial charge >= 0.3 is 5.97 Å². The van der Waals surface area contributed by atoms with E-state index in [2.05, 4.69) is 10.3 Å². The Morgan fingerprint density at radius 2 is 2.03 bits per heavy atom. The van der Waals surface area contributed by atoms with Gasteiger partial charge in [-0.25, -0.2) is 9.37 Å². The summed E-state index contributed by atoms with van der Waals surface area (Å²) < 4.78 is 15.6. The normalized spacial score (nSPS) is 15.4. The smallest absolute Gasteiger partial charge is 0.323 e. The van der Waals surface area contributed by atoms with Gasteiger partial charge in [0.2, 0.25) is 5.91 Å². The number of aromatic nitrogens is 2. The molecule has 3 aromatic rings. The number of rotatable bonds is 7. The topological polar surface area (TPSA) is 84.2 Å². The number of nitrogens with zero attached hydrogens (tertiary/aromatic N) is 2. The van der Waals surface area contributed by atoms with Crippen LogP contribution in [0.5, 0.6) is 0 Å². The third-order valence-corrected chi connectivity index (χ3v) is 5.83. The molecule has 0 spiro atoms. The molecule has 1 saturated carbocycles. The molecule has 1 amide bonds. The van der Waals surface area contributed by atoms with Crippen LogP contribution in [-0.4, -0.2) is 26.5 Å². The number of pyridine rings is 1. The molecule has 156 valence electrons. The highest BCUT2D eigenvalue weighted by Crippen LogP contribution is 2.38. The van der Waals surface area contributed by atoms with Crippen molar-refractivity contribution in [1.82, 2.24) is 9.55 Å². The number of carbonyl (C=O) groups excluding carboxylic acids is 1. The zero-order chi connectivity index (χ0) is 21.1. The number of benzene rings is 1. The predicted octanol–water partition coefficient (Wildman–Crippen LogP) is 4.56. The highest BCUT2D eigenvalue weighted by molar-refractivity contribution is 5.99. The quantitative estimate of drug-likeness (QED) is 0.599. The van der Waals surface area contributed by atoms with Gasteiger partial charge in [-0.15, -0.1) is 0 Å². The molecule has 1 atom stereocenters. The van der Waals surface area contributed by atoms with Crippen molar-refractivity contribution in [3.8, 4) is 0 Å². The summed E-state index contributed by atoms with van der Waals surface area (Å²) in [6, 6.07) is 9.55. The summed E-state index contributed by atoms with van der Waals surface area (Å²) in [5.41, 5.74) is 1.27. The maximum Gasteiger partial charge on any atom is 0.323 e. The minimum atomic E-state index is -0.993. The van der Waals surface area contributed by atoms with E-state index in [-0.39, 0.29) is 12.5 Å². The van der Waals surface area contributed by atoms with E-state index in [1.165, 1.54) is 12.1 Å². The van der Waals surface area contributed by atoms with Crippen molar-refractivity contribution >= 4 is 28.6 Å². The Hall–Kier alpha value is -3.22. The molecule has 6 nitrogen and oxygen atoms in total. The van der Waals surface area contributed by atoms with Crippen molar-refractivity contribution in [1.29, 1.82) is 0 Å². The lowest BCUT2D eigenvalue weighted by Crippen LogP contribution is -2.23. The van der Waals surface area contributed by atoms with Crippen LogP contribution < -0.4 is 5.32 Å². The van der Waals surface area contributed by atoms with Gasteiger partial charge in [0.05, 0.1) is 5.92 Å². The van der Waals surface area contributed by atoms with E-state index in [9.17, 15) is 19.1 Å². The van der Waals surface area contributed by atoms with Gasteiger partial charge in [-0.05, 0) is 48.2 Å². The number of anilines is 1. The molecule has 0 bridgehead atoms. The van der Waals surface area contributed by atoms with E-state index in [4.69, 9.17) is 0 Å². The third-order valence-electron chi connectivity index (χ3n) is 5.83. The van der Waals surface area contributed by atoms with E-state index >= 15 is 0 Å². The minimum Gasteiger partial charge on any atom is -0.480 e. The van der Waals surface area contributed by atoms with Gasteiger partial charge in [0.25, 0.3) is 0 Å². The number of halogens is 1. The maximum absolute atomic E-state index is 14.1. The summed E-state index contributed by atoms with van der Waals surface area (Å²) in [6.45, 7) is -0.250. The van der Waals surface area contributed by atoms with Crippen LogP contribution in [0.15, 0.2) is 48.8 Å². The minimum absolute atomic E-state index is 0.209. The molecule has 30 heavy (non-hydrogen) atoms. The van der Waals surface area contributed by atoms with Crippen molar-refractivity contribution in [2.75, 3.05) is 5.32 Å². The molecule has 0 radical (unpaired) electrons. The van der Waals surface area contributed by atoms with E-state index in [0.717, 1.165) is 25.7 Å². The molecular weight excluding hydrogens is 385 g/mol. The first-order valence-electron chi connectivity index (χ1n) is 10.2. The first kappa shape index (κ1) is 20.1. The highest BCUT2D eigenvalue weighted by atomic mass is 19.1. The Bertz CT molecular complexity index is 1060. The fourth-order valence-corrected chi connectivity index (χ4v) is 4.46. The number of carboxylic acids is 1. The van der Waals surface area contributed by atoms with Gasteiger partial charge in [0, 0.05) is 23.3 Å². The molecule has 7 heteroatoms. The van der Waals surface area contributed by atoms with E-state index in [1.54, 1.807) is 41.2 Å². The number of hydrogen-bond donors (Lipinski definition) is 2. The summed E-state index contributed by atoms with van der Waals surface area (Å²) in [6.07, 6.45) is 8.36. The predicted molar refractivity (Wildman–Crippen MR) is 112 cm³/mol. The molecule has 1 fully saturated rings. The number of amides is 1. The molecule has 4 rings (SSSR count). The fourth-order valence-electron chi connectivity index (χ4n) is 4.46. The Balaban J connectivity index is 1.75. The number of carboxylic acid groups (broad SMARTS) is 1. The number of hydrogen-bond acceptors (Lipinski definition) is 3. The lowest BCUT2D eigenvalue weighted by atomic mass is 9.87. The average molecular weight is 409 g/mol. The van der Waals surface area contributed by atoms with Crippen molar-refractivity contribution in [2.24, 2.45) is 5.92 Å². The largest absolute Gasteiger partial charge is 0.480 e. The Morgan fingerprint density at radius 1 is 1.23 bits per heavy atom. The third kappa shape index (κ3) is 4.35. The molecule has 1 aliphatic carbocycles. The van der Waals surface area contributed by atoms with Crippen molar-refractivity contribution in [2.45, 2.75) is 44.6 Å². The van der Waals surface area contributed by atoms with Crippen molar-refractivity contribution < 1.29 is 19.1 Å². The van der Waals surface area contributed by atoms with Gasteiger partial charge < -0.3 is 15.0 Å². The number of fused-ring (bicyclic) bond motifs is 1. The first-order valence-corrected chi connectivity index (χ1v) is 10.2. The zero-order valence-electron chi connectivity index (χ0n) is 16.6. The summed E-state index contributed by atoms with van der Waals surface area (Å²) in [5.74, 6) is -1.27. The molecule has 2 heterocycles. The lowest BCUT2D eigenvalue weighted by Gasteiger charge is -2.20. The van der Waals surface area contributed by atoms with Crippen LogP contribution >= 0.6 is 0 Å². The standard InChI is InChI=1S/C23H24FN3O3/c24-16-8-9-20-17(12-16)19(13-27(20)14-22(28)29)18(11-15-5-1-2-6-15)23(30)26-21-7-3-4-10-25-21/h3-4,7-10,12-13,15,18H,1-2,5-6,11,14H2,(H,28,29)(H,25,26,30). The van der Waals surface area contributed by atoms with Crippen LogP contribution in [0.4, 0.5) is 10.2 Å². The van der Waals surface area contributed by atoms with E-state index < -0.39 is 17.7 Å². The molecule has 2 aromatic heterocycles. The van der Waals surface area contributed by atoms with Crippen LogP contribution in [0.3, 0.4) is 0 Å². The van der Waals surface area contributed by atoms with Crippen LogP contribution in [0.25, 0.3) is 10.9 Å². The van der Waals surface area contributed by atoms with Crippen LogP contribution in [-0.2, 0) is 16.1 Å². The van der Waals surface area contributed by atoms with E-state index in [0.29, 0.717) is 34.6 Å². The fraction of sp³-hybridized carbons (Fsp3) is 0.348. The number of carbonyl (C=O) groups is 2. The lowest BCUT2D eigenvalue weighted by molar-refractivity contribution is -0.137. The van der Waals surface area contributed by atoms with Gasteiger partial charge in [-0.2, -0.15) is 0 Å². The zero-order valence-corrected chi connectivity index (χ0v) is 16.6. The molecule has 0 saturated heterocycles. The summed E-state index contributed by atoms with van der Waals surface area (Å²) in [5, 5.41) is 12.7. The van der Waals surface area contributed by atoms with Gasteiger partial charge in [0.1, 0.15) is 18.2 Å². The van der Waals surface area contributed by atoms with E-state index in [1.807, 2.05) is 0 Å². The second kappa shape index (κ2) is 8.65. The number of aliphatic carboxylic acids is 1.